The monoisotopic (exact) mass is 360 g/mol. The van der Waals surface area contributed by atoms with Crippen molar-refractivity contribution in [2.45, 2.75) is 52.2 Å². The summed E-state index contributed by atoms with van der Waals surface area (Å²) in [6.45, 7) is 7.74. The van der Waals surface area contributed by atoms with Crippen molar-refractivity contribution in [3.8, 4) is 0 Å². The highest BCUT2D eigenvalue weighted by Gasteiger charge is 2.32. The molecule has 3 amide bonds. The fourth-order valence-electron chi connectivity index (χ4n) is 3.32. The first-order chi connectivity index (χ1) is 12.4. The second-order valence-corrected chi connectivity index (χ2v) is 7.58. The lowest BCUT2D eigenvalue weighted by molar-refractivity contribution is -0.136. The van der Waals surface area contributed by atoms with E-state index in [-0.39, 0.29) is 23.9 Å². The van der Waals surface area contributed by atoms with Gasteiger partial charge in [-0.15, -0.1) is 0 Å². The third-order valence-corrected chi connectivity index (χ3v) is 5.03. The number of hydrogen-bond acceptors (Lipinski definition) is 3. The smallest absolute Gasteiger partial charge is 0.315 e. The quantitative estimate of drug-likeness (QED) is 0.726. The lowest BCUT2D eigenvalue weighted by atomic mass is 9.91. The number of hydrogen-bond donors (Lipinski definition) is 3. The zero-order valence-corrected chi connectivity index (χ0v) is 16.1. The van der Waals surface area contributed by atoms with Crippen molar-refractivity contribution in [2.75, 3.05) is 13.1 Å². The maximum Gasteiger partial charge on any atom is 0.315 e. The molecule has 1 aromatic rings. The normalized spacial score (nSPS) is 19.7. The SMILES string of the molecule is CC(C)C(NC(=O)NCc1ccccc1)C(=O)N1CCCC(C(C)N)C1. The van der Waals surface area contributed by atoms with E-state index in [2.05, 4.69) is 10.6 Å². The van der Waals surface area contributed by atoms with Crippen molar-refractivity contribution in [1.82, 2.24) is 15.5 Å². The molecule has 3 atom stereocenters. The number of nitrogens with zero attached hydrogens (tertiary/aromatic N) is 1. The molecule has 1 aromatic carbocycles. The molecule has 1 heterocycles. The van der Waals surface area contributed by atoms with Crippen LogP contribution in [-0.2, 0) is 11.3 Å². The molecule has 0 radical (unpaired) electrons. The highest BCUT2D eigenvalue weighted by atomic mass is 16.2. The van der Waals surface area contributed by atoms with E-state index in [1.807, 2.05) is 56.0 Å². The molecule has 2 rings (SSSR count). The van der Waals surface area contributed by atoms with Crippen molar-refractivity contribution in [1.29, 1.82) is 0 Å². The van der Waals surface area contributed by atoms with Crippen LogP contribution in [0, 0.1) is 11.8 Å². The Kier molecular flexibility index (Phi) is 7.45. The minimum atomic E-state index is -0.530. The van der Waals surface area contributed by atoms with Gasteiger partial charge < -0.3 is 21.3 Å². The number of amides is 3. The highest BCUT2D eigenvalue weighted by molar-refractivity contribution is 5.87. The van der Waals surface area contributed by atoms with Crippen molar-refractivity contribution in [2.24, 2.45) is 17.6 Å². The van der Waals surface area contributed by atoms with Gasteiger partial charge in [-0.25, -0.2) is 4.79 Å². The van der Waals surface area contributed by atoms with Crippen LogP contribution >= 0.6 is 0 Å². The third-order valence-electron chi connectivity index (χ3n) is 5.03. The maximum atomic E-state index is 13.0. The number of piperidine rings is 1. The summed E-state index contributed by atoms with van der Waals surface area (Å²) in [5.41, 5.74) is 7.04. The van der Waals surface area contributed by atoms with Gasteiger partial charge in [-0.3, -0.25) is 4.79 Å². The molecule has 6 nitrogen and oxygen atoms in total. The predicted octanol–water partition coefficient (Wildman–Crippen LogP) is 2.10. The second kappa shape index (κ2) is 9.57. The first-order valence-electron chi connectivity index (χ1n) is 9.51. The Morgan fingerprint density at radius 1 is 1.23 bits per heavy atom. The number of nitrogens with one attached hydrogen (secondary N) is 2. The molecule has 3 unspecified atom stereocenters. The predicted molar refractivity (Wildman–Crippen MR) is 103 cm³/mol. The van der Waals surface area contributed by atoms with E-state index in [4.69, 9.17) is 5.73 Å². The largest absolute Gasteiger partial charge is 0.341 e. The summed E-state index contributed by atoms with van der Waals surface area (Å²) in [5.74, 6) is 0.327. The number of carbonyl (C=O) groups is 2. The standard InChI is InChI=1S/C20H32N4O2/c1-14(2)18(19(25)24-11-7-10-17(13-24)15(3)21)23-20(26)22-12-16-8-5-4-6-9-16/h4-6,8-9,14-15,17-18H,7,10-13,21H2,1-3H3,(H2,22,23,26). The number of urea groups is 1. The Labute approximate surface area is 156 Å². The Balaban J connectivity index is 1.92. The van der Waals surface area contributed by atoms with Crippen molar-refractivity contribution in [3.63, 3.8) is 0 Å². The number of nitrogens with two attached hydrogens (primary N) is 1. The zero-order chi connectivity index (χ0) is 19.1. The van der Waals surface area contributed by atoms with Crippen LogP contribution in [0.2, 0.25) is 0 Å². The minimum absolute atomic E-state index is 0.0137. The first kappa shape index (κ1) is 20.2. The molecule has 1 fully saturated rings. The van der Waals surface area contributed by atoms with Gasteiger partial charge in [0.2, 0.25) is 5.91 Å². The molecule has 0 saturated carbocycles. The summed E-state index contributed by atoms with van der Waals surface area (Å²) >= 11 is 0. The molecule has 6 heteroatoms. The molecule has 0 aliphatic carbocycles. The van der Waals surface area contributed by atoms with Gasteiger partial charge in [0.05, 0.1) is 0 Å². The molecular weight excluding hydrogens is 328 g/mol. The minimum Gasteiger partial charge on any atom is -0.341 e. The topological polar surface area (TPSA) is 87.5 Å². The maximum absolute atomic E-state index is 13.0. The van der Waals surface area contributed by atoms with Gasteiger partial charge in [-0.1, -0.05) is 44.2 Å². The lowest BCUT2D eigenvalue weighted by Gasteiger charge is -2.37. The van der Waals surface area contributed by atoms with Crippen LogP contribution in [0.4, 0.5) is 4.79 Å². The number of rotatable bonds is 6. The molecular formula is C20H32N4O2. The van der Waals surface area contributed by atoms with E-state index in [1.165, 1.54) is 0 Å². The molecule has 0 aromatic heterocycles. The average Bonchev–Trinajstić information content (AvgIpc) is 2.64. The van der Waals surface area contributed by atoms with Gasteiger partial charge in [0.1, 0.15) is 6.04 Å². The van der Waals surface area contributed by atoms with Crippen LogP contribution in [0.5, 0.6) is 0 Å². The zero-order valence-electron chi connectivity index (χ0n) is 16.1. The van der Waals surface area contributed by atoms with E-state index in [9.17, 15) is 9.59 Å². The summed E-state index contributed by atoms with van der Waals surface area (Å²) in [6.07, 6.45) is 2.02. The Bertz CT molecular complexity index is 589. The van der Waals surface area contributed by atoms with Crippen LogP contribution in [0.3, 0.4) is 0 Å². The Morgan fingerprint density at radius 2 is 1.92 bits per heavy atom. The van der Waals surface area contributed by atoms with Crippen LogP contribution in [0.25, 0.3) is 0 Å². The van der Waals surface area contributed by atoms with E-state index < -0.39 is 6.04 Å². The third kappa shape index (κ3) is 5.73. The van der Waals surface area contributed by atoms with Gasteiger partial charge in [-0.2, -0.15) is 0 Å². The van der Waals surface area contributed by atoms with E-state index in [1.54, 1.807) is 0 Å². The molecule has 26 heavy (non-hydrogen) atoms. The lowest BCUT2D eigenvalue weighted by Crippen LogP contribution is -2.56. The fourth-order valence-corrected chi connectivity index (χ4v) is 3.32. The van der Waals surface area contributed by atoms with Gasteiger partial charge in [0.15, 0.2) is 0 Å². The van der Waals surface area contributed by atoms with Crippen LogP contribution < -0.4 is 16.4 Å². The first-order valence-corrected chi connectivity index (χ1v) is 9.51. The number of benzene rings is 1. The van der Waals surface area contributed by atoms with Crippen LogP contribution in [0.1, 0.15) is 39.2 Å². The highest BCUT2D eigenvalue weighted by Crippen LogP contribution is 2.20. The van der Waals surface area contributed by atoms with Crippen LogP contribution in [-0.4, -0.2) is 42.0 Å². The van der Waals surface area contributed by atoms with Gasteiger partial charge >= 0.3 is 6.03 Å². The summed E-state index contributed by atoms with van der Waals surface area (Å²) in [4.78, 5) is 27.1. The number of carbonyl (C=O) groups excluding carboxylic acids is 2. The molecule has 0 spiro atoms. The number of likely N-dealkylation sites (tertiary alicyclic amines) is 1. The second-order valence-electron chi connectivity index (χ2n) is 7.58. The van der Waals surface area contributed by atoms with Crippen molar-refractivity contribution < 1.29 is 9.59 Å². The van der Waals surface area contributed by atoms with Crippen LogP contribution in [0.15, 0.2) is 30.3 Å². The Hall–Kier alpha value is -2.08. The summed E-state index contributed by atoms with van der Waals surface area (Å²) < 4.78 is 0. The molecule has 1 saturated heterocycles. The van der Waals surface area contributed by atoms with Gasteiger partial charge in [0, 0.05) is 25.7 Å². The van der Waals surface area contributed by atoms with E-state index in [0.29, 0.717) is 19.0 Å². The molecule has 1 aliphatic heterocycles. The summed E-state index contributed by atoms with van der Waals surface area (Å²) in [5, 5.41) is 5.68. The van der Waals surface area contributed by atoms with Gasteiger partial charge in [-0.05, 0) is 37.2 Å². The Morgan fingerprint density at radius 3 is 2.54 bits per heavy atom. The molecule has 4 N–H and O–H groups in total. The fraction of sp³-hybridized carbons (Fsp3) is 0.600. The molecule has 1 aliphatic rings. The van der Waals surface area contributed by atoms with Crippen molar-refractivity contribution >= 4 is 11.9 Å². The molecule has 0 bridgehead atoms. The van der Waals surface area contributed by atoms with Crippen molar-refractivity contribution in [3.05, 3.63) is 35.9 Å². The summed E-state index contributed by atoms with van der Waals surface area (Å²) in [7, 11) is 0. The van der Waals surface area contributed by atoms with Gasteiger partial charge in [0.25, 0.3) is 0 Å². The van der Waals surface area contributed by atoms with E-state index >= 15 is 0 Å². The van der Waals surface area contributed by atoms with E-state index in [0.717, 1.165) is 24.9 Å². The average molecular weight is 361 g/mol. The summed E-state index contributed by atoms with van der Waals surface area (Å²) in [6, 6.07) is 8.93. The molecule has 144 valence electrons.